The second-order valence-corrected chi connectivity index (χ2v) is 5.14. The number of rotatable bonds is 6. The number of hydrogen-bond donors (Lipinski definition) is 1. The van der Waals surface area contributed by atoms with Gasteiger partial charge in [-0.05, 0) is 43.0 Å². The van der Waals surface area contributed by atoms with E-state index in [1.807, 2.05) is 12.1 Å². The van der Waals surface area contributed by atoms with E-state index in [2.05, 4.69) is 29.5 Å². The summed E-state index contributed by atoms with van der Waals surface area (Å²) in [6.45, 7) is 3.69. The van der Waals surface area contributed by atoms with Crippen LogP contribution in [0.15, 0.2) is 35.0 Å². The zero-order valence-corrected chi connectivity index (χ0v) is 11.8. The Morgan fingerprint density at radius 3 is 3.15 bits per heavy atom. The van der Waals surface area contributed by atoms with Crippen LogP contribution in [0, 0.1) is 0 Å². The molecule has 4 heteroatoms. The second-order valence-electron chi connectivity index (χ2n) is 5.14. The van der Waals surface area contributed by atoms with Crippen LogP contribution in [0.4, 0.5) is 0 Å². The summed E-state index contributed by atoms with van der Waals surface area (Å²) in [5.74, 6) is 1.72. The van der Waals surface area contributed by atoms with Gasteiger partial charge in [-0.1, -0.05) is 24.2 Å². The van der Waals surface area contributed by atoms with Crippen LogP contribution in [-0.2, 0) is 13.0 Å². The monoisotopic (exact) mass is 272 g/mol. The molecule has 4 nitrogen and oxygen atoms in total. The van der Waals surface area contributed by atoms with Crippen molar-refractivity contribution in [3.05, 3.63) is 47.3 Å². The van der Waals surface area contributed by atoms with E-state index >= 15 is 0 Å². The zero-order valence-electron chi connectivity index (χ0n) is 11.8. The minimum absolute atomic E-state index is 0.434. The highest BCUT2D eigenvalue weighted by Gasteiger charge is 2.24. The molecule has 20 heavy (non-hydrogen) atoms. The molecule has 1 atom stereocenters. The summed E-state index contributed by atoms with van der Waals surface area (Å²) >= 11 is 0. The van der Waals surface area contributed by atoms with Crippen LogP contribution < -0.4 is 10.1 Å². The summed E-state index contributed by atoms with van der Waals surface area (Å²) < 4.78 is 10.9. The highest BCUT2D eigenvalue weighted by Crippen LogP contribution is 2.37. The molecule has 0 saturated carbocycles. The van der Waals surface area contributed by atoms with Crippen LogP contribution in [0.2, 0.25) is 0 Å². The lowest BCUT2D eigenvalue weighted by molar-refractivity contribution is 0.247. The molecule has 1 unspecified atom stereocenters. The van der Waals surface area contributed by atoms with E-state index in [1.54, 1.807) is 6.20 Å². The summed E-state index contributed by atoms with van der Waals surface area (Å²) in [6.07, 6.45) is 5.02. The molecule has 1 aliphatic carbocycles. The van der Waals surface area contributed by atoms with E-state index in [9.17, 15) is 0 Å². The summed E-state index contributed by atoms with van der Waals surface area (Å²) in [6, 6.07) is 8.61. The lowest BCUT2D eigenvalue weighted by Crippen LogP contribution is -2.19. The van der Waals surface area contributed by atoms with E-state index in [0.29, 0.717) is 12.6 Å². The second kappa shape index (κ2) is 6.09. The average Bonchev–Trinajstić information content (AvgIpc) is 3.12. The largest absolute Gasteiger partial charge is 0.485 e. The maximum Gasteiger partial charge on any atom is 0.174 e. The Balaban J connectivity index is 1.72. The third-order valence-electron chi connectivity index (χ3n) is 3.73. The molecular formula is C16H20N2O2. The fourth-order valence-electron chi connectivity index (χ4n) is 2.75. The van der Waals surface area contributed by atoms with Gasteiger partial charge in [0.15, 0.2) is 5.76 Å². The quantitative estimate of drug-likeness (QED) is 0.877. The van der Waals surface area contributed by atoms with Crippen LogP contribution in [-0.4, -0.2) is 11.7 Å². The highest BCUT2D eigenvalue weighted by molar-refractivity contribution is 5.45. The van der Waals surface area contributed by atoms with Crippen molar-refractivity contribution in [2.75, 3.05) is 6.54 Å². The molecular weight excluding hydrogens is 252 g/mol. The van der Waals surface area contributed by atoms with Gasteiger partial charge in [0, 0.05) is 12.1 Å². The van der Waals surface area contributed by atoms with E-state index in [4.69, 9.17) is 9.26 Å². The smallest absolute Gasteiger partial charge is 0.174 e. The van der Waals surface area contributed by atoms with Gasteiger partial charge in [-0.2, -0.15) is 0 Å². The van der Waals surface area contributed by atoms with Crippen molar-refractivity contribution in [1.82, 2.24) is 10.5 Å². The van der Waals surface area contributed by atoms with E-state index in [0.717, 1.165) is 37.3 Å². The molecule has 1 heterocycles. The molecule has 3 rings (SSSR count). The standard InChI is InChI=1S/C16H20N2O2/c1-2-9-17-15-7-6-14-13(15)4-3-5-16(14)19-11-12-8-10-18-20-12/h3-5,8,10,15,17H,2,6-7,9,11H2,1H3. The highest BCUT2D eigenvalue weighted by atomic mass is 16.5. The molecule has 0 aliphatic heterocycles. The Labute approximate surface area is 119 Å². The molecule has 106 valence electrons. The maximum absolute atomic E-state index is 5.88. The molecule has 0 spiro atoms. The fraction of sp³-hybridized carbons (Fsp3) is 0.438. The molecule has 0 radical (unpaired) electrons. The van der Waals surface area contributed by atoms with Crippen molar-refractivity contribution in [3.63, 3.8) is 0 Å². The van der Waals surface area contributed by atoms with Gasteiger partial charge in [0.1, 0.15) is 12.4 Å². The SMILES string of the molecule is CCCNC1CCc2c(OCc3ccno3)cccc21. The van der Waals surface area contributed by atoms with Crippen LogP contribution in [0.5, 0.6) is 5.75 Å². The number of nitrogens with zero attached hydrogens (tertiary/aromatic N) is 1. The van der Waals surface area contributed by atoms with Crippen molar-refractivity contribution in [1.29, 1.82) is 0 Å². The first-order valence-electron chi connectivity index (χ1n) is 7.26. The Kier molecular flexibility index (Phi) is 4.02. The normalized spacial score (nSPS) is 17.1. The predicted octanol–water partition coefficient (Wildman–Crippen LogP) is 3.24. The van der Waals surface area contributed by atoms with Crippen LogP contribution >= 0.6 is 0 Å². The topological polar surface area (TPSA) is 47.3 Å². The lowest BCUT2D eigenvalue weighted by atomic mass is 10.1. The molecule has 1 aliphatic rings. The predicted molar refractivity (Wildman–Crippen MR) is 76.6 cm³/mol. The number of fused-ring (bicyclic) bond motifs is 1. The van der Waals surface area contributed by atoms with Crippen LogP contribution in [0.3, 0.4) is 0 Å². The Morgan fingerprint density at radius 1 is 1.40 bits per heavy atom. The molecule has 0 fully saturated rings. The van der Waals surface area contributed by atoms with Gasteiger partial charge in [0.25, 0.3) is 0 Å². The zero-order chi connectivity index (χ0) is 13.8. The Bertz CT molecular complexity index is 552. The van der Waals surface area contributed by atoms with Crippen molar-refractivity contribution in [2.24, 2.45) is 0 Å². The van der Waals surface area contributed by atoms with Crippen molar-refractivity contribution >= 4 is 0 Å². The Morgan fingerprint density at radius 2 is 2.35 bits per heavy atom. The molecule has 1 aromatic heterocycles. The van der Waals surface area contributed by atoms with Crippen molar-refractivity contribution in [3.8, 4) is 5.75 Å². The Hall–Kier alpha value is -1.81. The van der Waals surface area contributed by atoms with Crippen molar-refractivity contribution in [2.45, 2.75) is 38.8 Å². The van der Waals surface area contributed by atoms with Crippen LogP contribution in [0.25, 0.3) is 0 Å². The third-order valence-corrected chi connectivity index (χ3v) is 3.73. The van der Waals surface area contributed by atoms with Gasteiger partial charge >= 0.3 is 0 Å². The number of aromatic nitrogens is 1. The molecule has 1 N–H and O–H groups in total. The fourth-order valence-corrected chi connectivity index (χ4v) is 2.75. The number of nitrogens with one attached hydrogen (secondary N) is 1. The number of benzene rings is 1. The molecule has 0 amide bonds. The third kappa shape index (κ3) is 2.70. The maximum atomic E-state index is 5.88. The average molecular weight is 272 g/mol. The minimum atomic E-state index is 0.434. The summed E-state index contributed by atoms with van der Waals surface area (Å²) in [7, 11) is 0. The van der Waals surface area contributed by atoms with Gasteiger partial charge in [-0.15, -0.1) is 0 Å². The van der Waals surface area contributed by atoms with Gasteiger partial charge in [-0.25, -0.2) is 0 Å². The van der Waals surface area contributed by atoms with E-state index in [1.165, 1.54) is 11.1 Å². The number of hydrogen-bond acceptors (Lipinski definition) is 4. The van der Waals surface area contributed by atoms with Gasteiger partial charge < -0.3 is 14.6 Å². The lowest BCUT2D eigenvalue weighted by Gasteiger charge is -2.14. The van der Waals surface area contributed by atoms with Gasteiger partial charge in [0.2, 0.25) is 0 Å². The summed E-state index contributed by atoms with van der Waals surface area (Å²) in [5, 5.41) is 7.29. The number of ether oxygens (including phenoxy) is 1. The summed E-state index contributed by atoms with van der Waals surface area (Å²) in [4.78, 5) is 0. The molecule has 0 bridgehead atoms. The molecule has 2 aromatic rings. The van der Waals surface area contributed by atoms with Gasteiger partial charge in [0.05, 0.1) is 6.20 Å². The first-order chi connectivity index (χ1) is 9.88. The van der Waals surface area contributed by atoms with E-state index < -0.39 is 0 Å². The molecule has 1 aromatic carbocycles. The molecule has 0 saturated heterocycles. The summed E-state index contributed by atoms with van der Waals surface area (Å²) in [5.41, 5.74) is 2.72. The first-order valence-corrected chi connectivity index (χ1v) is 7.26. The first kappa shape index (κ1) is 13.2. The van der Waals surface area contributed by atoms with Crippen molar-refractivity contribution < 1.29 is 9.26 Å². The van der Waals surface area contributed by atoms with Gasteiger partial charge in [-0.3, -0.25) is 0 Å². The van der Waals surface area contributed by atoms with Crippen LogP contribution in [0.1, 0.15) is 42.7 Å². The minimum Gasteiger partial charge on any atom is -0.485 e. The van der Waals surface area contributed by atoms with E-state index in [-0.39, 0.29) is 0 Å².